The van der Waals surface area contributed by atoms with Crippen molar-refractivity contribution in [2.45, 2.75) is 11.4 Å². The first-order chi connectivity index (χ1) is 11.9. The van der Waals surface area contributed by atoms with Crippen LogP contribution < -0.4 is 10.0 Å². The monoisotopic (exact) mass is 382 g/mol. The Hall–Kier alpha value is -1.93. The molecule has 25 heavy (non-hydrogen) atoms. The van der Waals surface area contributed by atoms with Gasteiger partial charge in [-0.05, 0) is 29.8 Å². The van der Waals surface area contributed by atoms with Crippen LogP contribution in [0.4, 0.5) is 0 Å². The highest BCUT2D eigenvalue weighted by molar-refractivity contribution is 7.89. The molecule has 0 aliphatic heterocycles. The van der Waals surface area contributed by atoms with E-state index < -0.39 is 10.0 Å². The molecule has 8 heteroatoms. The van der Waals surface area contributed by atoms with Crippen molar-refractivity contribution in [2.24, 2.45) is 0 Å². The van der Waals surface area contributed by atoms with Crippen molar-refractivity contribution in [1.82, 2.24) is 10.0 Å². The highest BCUT2D eigenvalue weighted by Gasteiger charge is 2.16. The number of benzene rings is 2. The van der Waals surface area contributed by atoms with Crippen LogP contribution in [0.1, 0.15) is 15.9 Å². The van der Waals surface area contributed by atoms with Gasteiger partial charge in [0.1, 0.15) is 0 Å². The maximum atomic E-state index is 12.4. The summed E-state index contributed by atoms with van der Waals surface area (Å²) in [6.45, 7) is 0.784. The molecule has 0 saturated heterocycles. The first-order valence-electron chi connectivity index (χ1n) is 7.54. The van der Waals surface area contributed by atoms with Crippen LogP contribution in [0.2, 0.25) is 5.02 Å². The average molecular weight is 383 g/mol. The zero-order valence-corrected chi connectivity index (χ0v) is 15.2. The van der Waals surface area contributed by atoms with E-state index in [1.54, 1.807) is 30.3 Å². The summed E-state index contributed by atoms with van der Waals surface area (Å²) in [6.07, 6.45) is 0. The molecule has 2 aromatic rings. The van der Waals surface area contributed by atoms with Gasteiger partial charge in [-0.15, -0.1) is 0 Å². The fourth-order valence-corrected chi connectivity index (χ4v) is 3.33. The zero-order chi connectivity index (χ0) is 18.3. The van der Waals surface area contributed by atoms with Gasteiger partial charge in [-0.2, -0.15) is 0 Å². The molecule has 2 rings (SSSR count). The lowest BCUT2D eigenvalue weighted by atomic mass is 10.2. The van der Waals surface area contributed by atoms with Crippen LogP contribution in [-0.2, 0) is 21.3 Å². The molecule has 0 unspecified atom stereocenters. The number of nitrogens with one attached hydrogen (secondary N) is 2. The highest BCUT2D eigenvalue weighted by atomic mass is 35.5. The average Bonchev–Trinajstić information content (AvgIpc) is 2.61. The van der Waals surface area contributed by atoms with E-state index in [4.69, 9.17) is 16.3 Å². The van der Waals surface area contributed by atoms with Crippen LogP contribution in [0.3, 0.4) is 0 Å². The number of hydrogen-bond donors (Lipinski definition) is 2. The Morgan fingerprint density at radius 3 is 2.64 bits per heavy atom. The summed E-state index contributed by atoms with van der Waals surface area (Å²) < 4.78 is 32.2. The fourth-order valence-electron chi connectivity index (χ4n) is 2.07. The van der Waals surface area contributed by atoms with E-state index in [1.165, 1.54) is 25.3 Å². The molecular weight excluding hydrogens is 364 g/mol. The summed E-state index contributed by atoms with van der Waals surface area (Å²) in [4.78, 5) is 12.0. The third-order valence-electron chi connectivity index (χ3n) is 3.41. The van der Waals surface area contributed by atoms with E-state index in [1.807, 2.05) is 0 Å². The molecule has 6 nitrogen and oxygen atoms in total. The molecule has 0 aliphatic carbocycles. The predicted molar refractivity (Wildman–Crippen MR) is 96.1 cm³/mol. The van der Waals surface area contributed by atoms with E-state index >= 15 is 0 Å². The summed E-state index contributed by atoms with van der Waals surface area (Å²) in [5.41, 5.74) is 0.929. The van der Waals surface area contributed by atoms with Crippen molar-refractivity contribution in [3.05, 3.63) is 64.7 Å². The maximum Gasteiger partial charge on any atom is 0.251 e. The Balaban J connectivity index is 2.10. The Labute approximate surface area is 152 Å². The molecule has 2 N–H and O–H groups in total. The Bertz CT molecular complexity index is 840. The van der Waals surface area contributed by atoms with E-state index in [9.17, 15) is 13.2 Å². The second-order valence-electron chi connectivity index (χ2n) is 5.19. The number of sulfonamides is 1. The van der Waals surface area contributed by atoms with E-state index in [0.717, 1.165) is 0 Å². The van der Waals surface area contributed by atoms with Crippen LogP contribution in [-0.4, -0.2) is 34.6 Å². The Morgan fingerprint density at radius 1 is 1.16 bits per heavy atom. The summed E-state index contributed by atoms with van der Waals surface area (Å²) in [6, 6.07) is 12.8. The number of halogens is 1. The van der Waals surface area contributed by atoms with E-state index in [0.29, 0.717) is 23.7 Å². The lowest BCUT2D eigenvalue weighted by Gasteiger charge is -2.10. The molecule has 1 amide bonds. The molecule has 0 atom stereocenters. The van der Waals surface area contributed by atoms with Gasteiger partial charge < -0.3 is 10.1 Å². The molecule has 0 spiro atoms. The minimum atomic E-state index is -3.77. The highest BCUT2D eigenvalue weighted by Crippen LogP contribution is 2.16. The normalized spacial score (nSPS) is 11.3. The van der Waals surface area contributed by atoms with E-state index in [-0.39, 0.29) is 22.9 Å². The zero-order valence-electron chi connectivity index (χ0n) is 13.7. The molecule has 2 aromatic carbocycles. The molecule has 0 bridgehead atoms. The molecule has 0 aromatic heterocycles. The quantitative estimate of drug-likeness (QED) is 0.685. The third kappa shape index (κ3) is 5.54. The minimum absolute atomic E-state index is 0.0129. The van der Waals surface area contributed by atoms with Crippen molar-refractivity contribution in [2.75, 3.05) is 20.3 Å². The smallest absolute Gasteiger partial charge is 0.251 e. The largest absolute Gasteiger partial charge is 0.383 e. The van der Waals surface area contributed by atoms with Gasteiger partial charge in [-0.1, -0.05) is 35.9 Å². The molecule has 0 saturated carbocycles. The van der Waals surface area contributed by atoms with Crippen molar-refractivity contribution in [1.29, 1.82) is 0 Å². The topological polar surface area (TPSA) is 84.5 Å². The SMILES string of the molecule is COCCNC(=O)c1cccc(S(=O)(=O)NCc2ccccc2Cl)c1. The molecule has 0 fully saturated rings. The number of carbonyl (C=O) groups is 1. The molecule has 0 heterocycles. The number of carbonyl (C=O) groups excluding carboxylic acids is 1. The predicted octanol–water partition coefficient (Wildman–Crippen LogP) is 2.19. The fraction of sp³-hybridized carbons (Fsp3) is 0.235. The second-order valence-corrected chi connectivity index (χ2v) is 7.37. The summed E-state index contributed by atoms with van der Waals surface area (Å²) in [5, 5.41) is 3.13. The van der Waals surface area contributed by atoms with Crippen molar-refractivity contribution < 1.29 is 17.9 Å². The number of amides is 1. The van der Waals surface area contributed by atoms with E-state index in [2.05, 4.69) is 10.0 Å². The Kier molecular flexibility index (Phi) is 6.95. The lowest BCUT2D eigenvalue weighted by Crippen LogP contribution is -2.27. The van der Waals surface area contributed by atoms with Gasteiger partial charge in [-0.25, -0.2) is 13.1 Å². The second kappa shape index (κ2) is 8.96. The van der Waals surface area contributed by atoms with Crippen LogP contribution in [0, 0.1) is 0 Å². The molecule has 0 radical (unpaired) electrons. The summed E-state index contributed by atoms with van der Waals surface area (Å²) in [5.74, 6) is -0.361. The van der Waals surface area contributed by atoms with Crippen LogP contribution in [0.15, 0.2) is 53.4 Å². The number of methoxy groups -OCH3 is 1. The maximum absolute atomic E-state index is 12.4. The van der Waals surface area contributed by atoms with Gasteiger partial charge >= 0.3 is 0 Å². The number of rotatable bonds is 8. The van der Waals surface area contributed by atoms with Crippen molar-refractivity contribution in [3.63, 3.8) is 0 Å². The Morgan fingerprint density at radius 2 is 1.92 bits per heavy atom. The van der Waals surface area contributed by atoms with Gasteiger partial charge in [0.15, 0.2) is 0 Å². The molecule has 0 aliphatic rings. The number of hydrogen-bond acceptors (Lipinski definition) is 4. The molecule has 134 valence electrons. The van der Waals surface area contributed by atoms with Gasteiger partial charge in [0, 0.05) is 30.8 Å². The third-order valence-corrected chi connectivity index (χ3v) is 5.18. The van der Waals surface area contributed by atoms with Crippen molar-refractivity contribution >= 4 is 27.5 Å². The van der Waals surface area contributed by atoms with Gasteiger partial charge in [0.2, 0.25) is 10.0 Å². The lowest BCUT2D eigenvalue weighted by molar-refractivity contribution is 0.0937. The number of ether oxygens (including phenoxy) is 1. The molecular formula is C17H19ClN2O4S. The first-order valence-corrected chi connectivity index (χ1v) is 9.40. The summed E-state index contributed by atoms with van der Waals surface area (Å²) in [7, 11) is -2.24. The summed E-state index contributed by atoms with van der Waals surface area (Å²) >= 11 is 6.03. The van der Waals surface area contributed by atoms with Crippen molar-refractivity contribution in [3.8, 4) is 0 Å². The van der Waals surface area contributed by atoms with Gasteiger partial charge in [0.25, 0.3) is 5.91 Å². The van der Waals surface area contributed by atoms with Crippen LogP contribution >= 0.6 is 11.6 Å². The van der Waals surface area contributed by atoms with Gasteiger partial charge in [-0.3, -0.25) is 4.79 Å². The first kappa shape index (κ1) is 19.4. The van der Waals surface area contributed by atoms with Gasteiger partial charge in [0.05, 0.1) is 11.5 Å². The minimum Gasteiger partial charge on any atom is -0.383 e. The van der Waals surface area contributed by atoms with Crippen LogP contribution in [0.5, 0.6) is 0 Å². The standard InChI is InChI=1S/C17H19ClN2O4S/c1-24-10-9-19-17(21)13-6-4-7-15(11-13)25(22,23)20-12-14-5-2-3-8-16(14)18/h2-8,11,20H,9-10,12H2,1H3,(H,19,21). The van der Waals surface area contributed by atoms with Crippen LogP contribution in [0.25, 0.3) is 0 Å².